The summed E-state index contributed by atoms with van der Waals surface area (Å²) in [5.74, 6) is 2.48. The Morgan fingerprint density at radius 1 is 1.44 bits per heavy atom. The highest BCUT2D eigenvalue weighted by atomic mass is 16.5. The van der Waals surface area contributed by atoms with E-state index in [4.69, 9.17) is 10.5 Å². The molecule has 2 rings (SSSR count). The van der Waals surface area contributed by atoms with Crippen LogP contribution in [0.4, 0.5) is 11.6 Å². The number of nitrogens with two attached hydrogens (primary N) is 1. The zero-order chi connectivity index (χ0) is 11.7. The minimum absolute atomic E-state index is 0.402. The van der Waals surface area contributed by atoms with Crippen LogP contribution < -0.4 is 15.4 Å². The number of nitrogen functional groups attached to an aromatic ring is 1. The van der Waals surface area contributed by atoms with Crippen molar-refractivity contribution in [2.75, 3.05) is 24.3 Å². The van der Waals surface area contributed by atoms with Crippen molar-refractivity contribution in [1.82, 2.24) is 9.97 Å². The normalized spacial score (nSPS) is 24.8. The first-order valence-corrected chi connectivity index (χ1v) is 5.54. The van der Waals surface area contributed by atoms with E-state index < -0.39 is 0 Å². The molecule has 1 fully saturated rings. The quantitative estimate of drug-likeness (QED) is 0.817. The van der Waals surface area contributed by atoms with E-state index in [0.717, 1.165) is 12.4 Å². The number of nitrogens with zero attached hydrogens (tertiary/aromatic N) is 3. The van der Waals surface area contributed by atoms with Crippen LogP contribution in [0.2, 0.25) is 0 Å². The molecule has 1 aliphatic rings. The predicted octanol–water partition coefficient (Wildman–Crippen LogP) is 1.30. The monoisotopic (exact) mass is 222 g/mol. The molecule has 1 saturated heterocycles. The summed E-state index contributed by atoms with van der Waals surface area (Å²) in [5.41, 5.74) is 5.78. The van der Waals surface area contributed by atoms with Crippen LogP contribution in [0.25, 0.3) is 0 Å². The Hall–Kier alpha value is -1.52. The number of hydrogen-bond acceptors (Lipinski definition) is 5. The van der Waals surface area contributed by atoms with E-state index in [-0.39, 0.29) is 0 Å². The number of aromatic nitrogens is 2. The second kappa shape index (κ2) is 4.15. The van der Waals surface area contributed by atoms with E-state index in [0.29, 0.717) is 23.5 Å². The van der Waals surface area contributed by atoms with Crippen LogP contribution in [0.5, 0.6) is 5.75 Å². The van der Waals surface area contributed by atoms with Crippen LogP contribution in [0.15, 0.2) is 6.33 Å². The lowest BCUT2D eigenvalue weighted by Gasteiger charge is -2.24. The summed E-state index contributed by atoms with van der Waals surface area (Å²) in [6, 6.07) is 0.471. The summed E-state index contributed by atoms with van der Waals surface area (Å²) in [6.45, 7) is 5.43. The Labute approximate surface area is 95.6 Å². The van der Waals surface area contributed by atoms with Crippen molar-refractivity contribution in [2.45, 2.75) is 26.3 Å². The highest BCUT2D eigenvalue weighted by molar-refractivity contribution is 5.63. The zero-order valence-corrected chi connectivity index (χ0v) is 9.97. The zero-order valence-electron chi connectivity index (χ0n) is 9.97. The van der Waals surface area contributed by atoms with Crippen LogP contribution >= 0.6 is 0 Å². The molecule has 2 unspecified atom stereocenters. The van der Waals surface area contributed by atoms with Crippen LogP contribution in [-0.4, -0.2) is 29.7 Å². The van der Waals surface area contributed by atoms with Gasteiger partial charge in [0, 0.05) is 12.6 Å². The maximum Gasteiger partial charge on any atom is 0.204 e. The van der Waals surface area contributed by atoms with Gasteiger partial charge in [-0.05, 0) is 19.3 Å². The molecule has 0 aliphatic carbocycles. The number of ether oxygens (including phenoxy) is 1. The van der Waals surface area contributed by atoms with Gasteiger partial charge >= 0.3 is 0 Å². The van der Waals surface area contributed by atoms with Crippen molar-refractivity contribution in [3.8, 4) is 5.75 Å². The van der Waals surface area contributed by atoms with Gasteiger partial charge in [-0.2, -0.15) is 0 Å². The average molecular weight is 222 g/mol. The number of methoxy groups -OCH3 is 1. The standard InChI is InChI=1S/C11H18N4O/c1-7-4-8(2)15(5-7)11-9(16-3)10(12)13-6-14-11/h6-8H,4-5H2,1-3H3,(H2,12,13,14). The maximum absolute atomic E-state index is 5.78. The molecule has 5 nitrogen and oxygen atoms in total. The second-order valence-electron chi connectivity index (χ2n) is 4.46. The van der Waals surface area contributed by atoms with Gasteiger partial charge in [0.2, 0.25) is 5.75 Å². The SMILES string of the molecule is COc1c(N)ncnc1N1CC(C)CC1C. The van der Waals surface area contributed by atoms with Gasteiger partial charge in [-0.1, -0.05) is 6.92 Å². The summed E-state index contributed by atoms with van der Waals surface area (Å²) in [6.07, 6.45) is 2.66. The molecule has 0 radical (unpaired) electrons. The number of rotatable bonds is 2. The second-order valence-corrected chi connectivity index (χ2v) is 4.46. The molecule has 1 aromatic rings. The van der Waals surface area contributed by atoms with Gasteiger partial charge in [-0.15, -0.1) is 0 Å². The summed E-state index contributed by atoms with van der Waals surface area (Å²) < 4.78 is 5.28. The van der Waals surface area contributed by atoms with Gasteiger partial charge in [0.15, 0.2) is 11.6 Å². The minimum atomic E-state index is 0.402. The molecule has 5 heteroatoms. The summed E-state index contributed by atoms with van der Waals surface area (Å²) in [5, 5.41) is 0. The van der Waals surface area contributed by atoms with Crippen molar-refractivity contribution in [3.63, 3.8) is 0 Å². The highest BCUT2D eigenvalue weighted by Gasteiger charge is 2.29. The maximum atomic E-state index is 5.78. The van der Waals surface area contributed by atoms with E-state index in [9.17, 15) is 0 Å². The van der Waals surface area contributed by atoms with Gasteiger partial charge in [0.1, 0.15) is 6.33 Å². The molecule has 0 saturated carbocycles. The third-order valence-electron chi connectivity index (χ3n) is 3.07. The third kappa shape index (κ3) is 1.77. The predicted molar refractivity (Wildman–Crippen MR) is 63.6 cm³/mol. The molecule has 0 aromatic carbocycles. The lowest BCUT2D eigenvalue weighted by Crippen LogP contribution is -2.28. The van der Waals surface area contributed by atoms with E-state index in [1.54, 1.807) is 7.11 Å². The molecule has 1 aliphatic heterocycles. The molecule has 1 aromatic heterocycles. The topological polar surface area (TPSA) is 64.3 Å². The van der Waals surface area contributed by atoms with Crippen LogP contribution in [-0.2, 0) is 0 Å². The van der Waals surface area contributed by atoms with Crippen molar-refractivity contribution in [2.24, 2.45) is 5.92 Å². The fourth-order valence-electron chi connectivity index (χ4n) is 2.37. The Bertz CT molecular complexity index is 382. The lowest BCUT2D eigenvalue weighted by molar-refractivity contribution is 0.412. The van der Waals surface area contributed by atoms with Crippen LogP contribution in [0.1, 0.15) is 20.3 Å². The molecule has 88 valence electrons. The van der Waals surface area contributed by atoms with Gasteiger partial charge in [-0.25, -0.2) is 9.97 Å². The summed E-state index contributed by atoms with van der Waals surface area (Å²) >= 11 is 0. The molecule has 2 N–H and O–H groups in total. The molecule has 0 bridgehead atoms. The third-order valence-corrected chi connectivity index (χ3v) is 3.07. The molecule has 2 heterocycles. The fraction of sp³-hybridized carbons (Fsp3) is 0.636. The van der Waals surface area contributed by atoms with E-state index >= 15 is 0 Å². The van der Waals surface area contributed by atoms with E-state index in [1.165, 1.54) is 12.7 Å². The Morgan fingerprint density at radius 3 is 2.75 bits per heavy atom. The van der Waals surface area contributed by atoms with Crippen molar-refractivity contribution in [1.29, 1.82) is 0 Å². The molecular formula is C11H18N4O. The van der Waals surface area contributed by atoms with Gasteiger partial charge < -0.3 is 15.4 Å². The van der Waals surface area contributed by atoms with Gasteiger partial charge in [-0.3, -0.25) is 0 Å². The first kappa shape index (κ1) is 11.0. The van der Waals surface area contributed by atoms with Crippen molar-refractivity contribution < 1.29 is 4.74 Å². The number of anilines is 2. The van der Waals surface area contributed by atoms with Crippen molar-refractivity contribution in [3.05, 3.63) is 6.33 Å². The lowest BCUT2D eigenvalue weighted by atomic mass is 10.1. The minimum Gasteiger partial charge on any atom is -0.490 e. The van der Waals surface area contributed by atoms with E-state index in [1.807, 2.05) is 0 Å². The molecule has 16 heavy (non-hydrogen) atoms. The van der Waals surface area contributed by atoms with Crippen LogP contribution in [0, 0.1) is 5.92 Å². The largest absolute Gasteiger partial charge is 0.490 e. The van der Waals surface area contributed by atoms with Gasteiger partial charge in [0.25, 0.3) is 0 Å². The average Bonchev–Trinajstić information content (AvgIpc) is 2.57. The molecule has 0 spiro atoms. The molecular weight excluding hydrogens is 204 g/mol. The Kier molecular flexibility index (Phi) is 2.85. The highest BCUT2D eigenvalue weighted by Crippen LogP contribution is 2.35. The summed E-state index contributed by atoms with van der Waals surface area (Å²) in [7, 11) is 1.60. The Balaban J connectivity index is 2.36. The Morgan fingerprint density at radius 2 is 2.19 bits per heavy atom. The first-order valence-electron chi connectivity index (χ1n) is 5.54. The van der Waals surface area contributed by atoms with Gasteiger partial charge in [0.05, 0.1) is 7.11 Å². The first-order chi connectivity index (χ1) is 7.63. The van der Waals surface area contributed by atoms with Crippen LogP contribution in [0.3, 0.4) is 0 Å². The smallest absolute Gasteiger partial charge is 0.204 e. The number of hydrogen-bond donors (Lipinski definition) is 1. The molecule has 0 amide bonds. The summed E-state index contributed by atoms with van der Waals surface area (Å²) in [4.78, 5) is 10.5. The van der Waals surface area contributed by atoms with E-state index in [2.05, 4.69) is 28.7 Å². The molecule has 2 atom stereocenters. The fourth-order valence-corrected chi connectivity index (χ4v) is 2.37. The van der Waals surface area contributed by atoms with Crippen molar-refractivity contribution >= 4 is 11.6 Å².